The van der Waals surface area contributed by atoms with Crippen LogP contribution >= 0.6 is 11.3 Å². The van der Waals surface area contributed by atoms with Crippen LogP contribution in [0.1, 0.15) is 41.6 Å². The summed E-state index contributed by atoms with van der Waals surface area (Å²) in [4.78, 5) is 11.1. The lowest BCUT2D eigenvalue weighted by Crippen LogP contribution is -2.38. The van der Waals surface area contributed by atoms with Gasteiger partial charge >= 0.3 is 0 Å². The maximum atomic E-state index is 5.79. The van der Waals surface area contributed by atoms with E-state index in [1.807, 2.05) is 11.6 Å². The van der Waals surface area contributed by atoms with E-state index in [1.165, 1.54) is 12.8 Å². The van der Waals surface area contributed by atoms with Gasteiger partial charge in [-0.05, 0) is 12.8 Å². The molecule has 1 unspecified atom stereocenters. The van der Waals surface area contributed by atoms with Crippen molar-refractivity contribution in [2.75, 3.05) is 19.7 Å². The molecule has 7 heteroatoms. The third-order valence-corrected chi connectivity index (χ3v) is 4.52. The molecule has 1 aliphatic heterocycles. The van der Waals surface area contributed by atoms with E-state index < -0.39 is 0 Å². The van der Waals surface area contributed by atoms with Crippen molar-refractivity contribution < 1.29 is 9.26 Å². The van der Waals surface area contributed by atoms with Crippen molar-refractivity contribution in [3.05, 3.63) is 28.3 Å². The first-order valence-corrected chi connectivity index (χ1v) is 7.82. The van der Waals surface area contributed by atoms with Crippen LogP contribution in [0.2, 0.25) is 0 Å². The molecule has 4 rings (SSSR count). The third-order valence-electron chi connectivity index (χ3n) is 3.65. The number of aromatic nitrogens is 3. The summed E-state index contributed by atoms with van der Waals surface area (Å²) in [5, 5.41) is 7.11. The Labute approximate surface area is 120 Å². The highest BCUT2D eigenvalue weighted by molar-refractivity contribution is 7.09. The molecule has 20 heavy (non-hydrogen) atoms. The maximum absolute atomic E-state index is 5.79. The van der Waals surface area contributed by atoms with Crippen LogP contribution in [0, 0.1) is 0 Å². The van der Waals surface area contributed by atoms with Gasteiger partial charge in [-0.15, -0.1) is 11.3 Å². The molecule has 1 atom stereocenters. The molecule has 0 bridgehead atoms. The van der Waals surface area contributed by atoms with Crippen molar-refractivity contribution in [3.8, 4) is 0 Å². The first kappa shape index (κ1) is 12.4. The van der Waals surface area contributed by atoms with Crippen molar-refractivity contribution in [1.29, 1.82) is 0 Å². The first-order chi connectivity index (χ1) is 9.88. The zero-order valence-electron chi connectivity index (χ0n) is 11.1. The lowest BCUT2D eigenvalue weighted by atomic mass is 10.3. The second-order valence-electron chi connectivity index (χ2n) is 5.29. The Morgan fingerprint density at radius 3 is 3.15 bits per heavy atom. The van der Waals surface area contributed by atoms with Crippen LogP contribution in [0.3, 0.4) is 0 Å². The van der Waals surface area contributed by atoms with Gasteiger partial charge in [-0.25, -0.2) is 4.98 Å². The van der Waals surface area contributed by atoms with E-state index in [9.17, 15) is 0 Å². The first-order valence-electron chi connectivity index (χ1n) is 6.94. The third kappa shape index (κ3) is 2.61. The summed E-state index contributed by atoms with van der Waals surface area (Å²) in [6.07, 6.45) is 4.26. The van der Waals surface area contributed by atoms with Gasteiger partial charge in [0.2, 0.25) is 5.89 Å². The van der Waals surface area contributed by atoms with Gasteiger partial charge in [-0.3, -0.25) is 4.90 Å². The second-order valence-corrected chi connectivity index (χ2v) is 6.21. The molecule has 1 saturated heterocycles. The lowest BCUT2D eigenvalue weighted by Gasteiger charge is -2.30. The molecule has 2 aromatic rings. The Bertz CT molecular complexity index is 567. The number of morpholine rings is 1. The predicted molar refractivity (Wildman–Crippen MR) is 72.4 cm³/mol. The van der Waals surface area contributed by atoms with Gasteiger partial charge in [0, 0.05) is 30.6 Å². The van der Waals surface area contributed by atoms with Crippen LogP contribution < -0.4 is 0 Å². The summed E-state index contributed by atoms with van der Waals surface area (Å²) in [5.41, 5.74) is 0. The molecule has 2 fully saturated rings. The van der Waals surface area contributed by atoms with Gasteiger partial charge in [-0.2, -0.15) is 4.98 Å². The normalized spacial score (nSPS) is 24.1. The summed E-state index contributed by atoms with van der Waals surface area (Å²) in [6.45, 7) is 3.18. The van der Waals surface area contributed by atoms with Crippen LogP contribution in [0.4, 0.5) is 0 Å². The average Bonchev–Trinajstić information content (AvgIpc) is 3.00. The lowest BCUT2D eigenvalue weighted by molar-refractivity contribution is -0.0339. The Kier molecular flexibility index (Phi) is 3.25. The highest BCUT2D eigenvalue weighted by Gasteiger charge is 2.30. The van der Waals surface area contributed by atoms with Crippen LogP contribution in [0.5, 0.6) is 0 Å². The molecule has 1 aliphatic carbocycles. The van der Waals surface area contributed by atoms with Crippen LogP contribution in [-0.2, 0) is 11.3 Å². The Morgan fingerprint density at radius 1 is 1.40 bits per heavy atom. The van der Waals surface area contributed by atoms with Crippen molar-refractivity contribution in [2.24, 2.45) is 0 Å². The van der Waals surface area contributed by atoms with E-state index >= 15 is 0 Å². The van der Waals surface area contributed by atoms with Gasteiger partial charge in [0.15, 0.2) is 5.82 Å². The molecule has 1 saturated carbocycles. The fraction of sp³-hybridized carbons (Fsp3) is 0.615. The summed E-state index contributed by atoms with van der Waals surface area (Å²) in [7, 11) is 0. The molecule has 106 valence electrons. The summed E-state index contributed by atoms with van der Waals surface area (Å²) < 4.78 is 11.1. The quantitative estimate of drug-likeness (QED) is 0.858. The van der Waals surface area contributed by atoms with Crippen molar-refractivity contribution in [1.82, 2.24) is 20.0 Å². The highest BCUT2D eigenvalue weighted by Crippen LogP contribution is 2.38. The van der Waals surface area contributed by atoms with E-state index in [4.69, 9.17) is 9.26 Å². The van der Waals surface area contributed by atoms with Gasteiger partial charge in [0.1, 0.15) is 11.1 Å². The highest BCUT2D eigenvalue weighted by atomic mass is 32.1. The van der Waals surface area contributed by atoms with Crippen LogP contribution in [0.15, 0.2) is 16.1 Å². The van der Waals surface area contributed by atoms with Crippen molar-refractivity contribution in [2.45, 2.75) is 31.4 Å². The van der Waals surface area contributed by atoms with Gasteiger partial charge in [0.25, 0.3) is 0 Å². The SMILES string of the molecule is c1csc(C2CN(Cc3noc(C4CC4)n3)CCO2)n1. The van der Waals surface area contributed by atoms with E-state index in [0.29, 0.717) is 5.92 Å². The summed E-state index contributed by atoms with van der Waals surface area (Å²) >= 11 is 1.64. The molecule has 0 spiro atoms. The van der Waals surface area contributed by atoms with E-state index in [-0.39, 0.29) is 6.10 Å². The number of nitrogens with zero attached hydrogens (tertiary/aromatic N) is 4. The Balaban J connectivity index is 1.40. The van der Waals surface area contributed by atoms with Crippen molar-refractivity contribution >= 4 is 11.3 Å². The molecular weight excluding hydrogens is 276 g/mol. The summed E-state index contributed by atoms with van der Waals surface area (Å²) in [5.74, 6) is 2.11. The fourth-order valence-corrected chi connectivity index (χ4v) is 3.09. The Hall–Kier alpha value is -1.31. The zero-order chi connectivity index (χ0) is 13.4. The zero-order valence-corrected chi connectivity index (χ0v) is 11.9. The molecule has 0 N–H and O–H groups in total. The Morgan fingerprint density at radius 2 is 2.35 bits per heavy atom. The molecule has 6 nitrogen and oxygen atoms in total. The molecule has 2 aliphatic rings. The van der Waals surface area contributed by atoms with E-state index in [0.717, 1.165) is 43.0 Å². The molecule has 0 amide bonds. The van der Waals surface area contributed by atoms with Crippen molar-refractivity contribution in [3.63, 3.8) is 0 Å². The summed E-state index contributed by atoms with van der Waals surface area (Å²) in [6, 6.07) is 0. The minimum atomic E-state index is 0.0681. The minimum absolute atomic E-state index is 0.0681. The minimum Gasteiger partial charge on any atom is -0.368 e. The van der Waals surface area contributed by atoms with Crippen LogP contribution in [-0.4, -0.2) is 39.7 Å². The maximum Gasteiger partial charge on any atom is 0.229 e. The van der Waals surface area contributed by atoms with E-state index in [2.05, 4.69) is 20.0 Å². The predicted octanol–water partition coefficient (Wildman–Crippen LogP) is 1.98. The number of rotatable bonds is 4. The molecule has 2 aromatic heterocycles. The van der Waals surface area contributed by atoms with E-state index in [1.54, 1.807) is 11.3 Å². The topological polar surface area (TPSA) is 64.3 Å². The largest absolute Gasteiger partial charge is 0.368 e. The number of thiazole rings is 1. The standard InChI is InChI=1S/C13H16N4O2S/c1-2-9(1)12-15-11(16-19-12)8-17-4-5-18-10(7-17)13-14-3-6-20-13/h3,6,9-10H,1-2,4-5,7-8H2. The molecule has 3 heterocycles. The molecular formula is C13H16N4O2S. The van der Waals surface area contributed by atoms with Crippen LogP contribution in [0.25, 0.3) is 0 Å². The average molecular weight is 292 g/mol. The smallest absolute Gasteiger partial charge is 0.229 e. The van der Waals surface area contributed by atoms with Gasteiger partial charge < -0.3 is 9.26 Å². The number of hydrogen-bond acceptors (Lipinski definition) is 7. The number of ether oxygens (including phenoxy) is 1. The van der Waals surface area contributed by atoms with Gasteiger partial charge in [0.05, 0.1) is 13.2 Å². The fourth-order valence-electron chi connectivity index (χ4n) is 2.42. The monoisotopic (exact) mass is 292 g/mol. The number of hydrogen-bond donors (Lipinski definition) is 0. The second kappa shape index (κ2) is 5.23. The van der Waals surface area contributed by atoms with Gasteiger partial charge in [-0.1, -0.05) is 5.16 Å². The molecule has 0 radical (unpaired) electrons. The molecule has 0 aromatic carbocycles.